The van der Waals surface area contributed by atoms with Gasteiger partial charge in [0.05, 0.1) is 12.1 Å². The van der Waals surface area contributed by atoms with Crippen LogP contribution in [0.4, 0.5) is 0 Å². The molecule has 0 saturated heterocycles. The van der Waals surface area contributed by atoms with E-state index in [0.717, 1.165) is 5.82 Å². The molecule has 0 aliphatic heterocycles. The molecular weight excluding hydrogens is 216 g/mol. The number of nitrogens with zero attached hydrogens (tertiary/aromatic N) is 4. The molecule has 0 aliphatic rings. The Morgan fingerprint density at radius 3 is 2.88 bits per heavy atom. The average molecular weight is 232 g/mol. The molecule has 0 unspecified atom stereocenters. The zero-order valence-corrected chi connectivity index (χ0v) is 10.3. The van der Waals surface area contributed by atoms with E-state index in [0.29, 0.717) is 30.1 Å². The molecule has 0 fully saturated rings. The summed E-state index contributed by atoms with van der Waals surface area (Å²) >= 11 is 0. The van der Waals surface area contributed by atoms with Crippen molar-refractivity contribution in [2.45, 2.75) is 33.6 Å². The van der Waals surface area contributed by atoms with Crippen LogP contribution in [-0.4, -0.2) is 25.4 Å². The first-order chi connectivity index (χ1) is 8.08. The Morgan fingerprint density at radius 1 is 1.41 bits per heavy atom. The molecule has 2 aromatic rings. The molecule has 0 bridgehead atoms. The first kappa shape index (κ1) is 11.7. The SMILES string of the molecule is Cc1nnc2c(CC(=O)CC(C)C)nccn12. The number of fused-ring (bicyclic) bond motifs is 1. The van der Waals surface area contributed by atoms with E-state index in [1.807, 2.05) is 25.2 Å². The quantitative estimate of drug-likeness (QED) is 0.803. The fraction of sp³-hybridized carbons (Fsp3) is 0.500. The molecule has 0 N–H and O–H groups in total. The maximum absolute atomic E-state index is 11.8. The molecule has 2 aromatic heterocycles. The summed E-state index contributed by atoms with van der Waals surface area (Å²) in [7, 11) is 0. The second-order valence-corrected chi connectivity index (χ2v) is 4.63. The van der Waals surface area contributed by atoms with E-state index in [9.17, 15) is 4.79 Å². The third kappa shape index (κ3) is 2.49. The van der Waals surface area contributed by atoms with Gasteiger partial charge in [-0.15, -0.1) is 10.2 Å². The highest BCUT2D eigenvalue weighted by molar-refractivity contribution is 5.82. The summed E-state index contributed by atoms with van der Waals surface area (Å²) in [5.74, 6) is 1.38. The van der Waals surface area contributed by atoms with E-state index in [1.165, 1.54) is 0 Å². The van der Waals surface area contributed by atoms with Crippen LogP contribution in [-0.2, 0) is 11.2 Å². The van der Waals surface area contributed by atoms with Gasteiger partial charge in [0.15, 0.2) is 5.65 Å². The van der Waals surface area contributed by atoms with E-state index in [4.69, 9.17) is 0 Å². The first-order valence-corrected chi connectivity index (χ1v) is 5.75. The van der Waals surface area contributed by atoms with Gasteiger partial charge in [-0.2, -0.15) is 0 Å². The molecule has 5 nitrogen and oxygen atoms in total. The number of aromatic nitrogens is 4. The van der Waals surface area contributed by atoms with Gasteiger partial charge < -0.3 is 0 Å². The number of Topliss-reactive ketones (excluding diaryl/α,β-unsaturated/α-hetero) is 1. The zero-order chi connectivity index (χ0) is 12.4. The van der Waals surface area contributed by atoms with Crippen molar-refractivity contribution in [1.82, 2.24) is 19.6 Å². The molecular formula is C12H16N4O. The predicted octanol–water partition coefficient (Wildman–Crippen LogP) is 1.59. The molecule has 90 valence electrons. The summed E-state index contributed by atoms with van der Waals surface area (Å²) in [4.78, 5) is 16.0. The minimum Gasteiger partial charge on any atom is -0.299 e. The number of hydrogen-bond acceptors (Lipinski definition) is 4. The van der Waals surface area contributed by atoms with Crippen LogP contribution in [0.2, 0.25) is 0 Å². The Balaban J connectivity index is 2.27. The lowest BCUT2D eigenvalue weighted by atomic mass is 10.0. The van der Waals surface area contributed by atoms with Crippen molar-refractivity contribution < 1.29 is 4.79 Å². The van der Waals surface area contributed by atoms with Crippen LogP contribution in [0, 0.1) is 12.8 Å². The van der Waals surface area contributed by atoms with Gasteiger partial charge in [-0.25, -0.2) is 0 Å². The Morgan fingerprint density at radius 2 is 2.18 bits per heavy atom. The summed E-state index contributed by atoms with van der Waals surface area (Å²) in [5, 5.41) is 8.03. The molecule has 2 heterocycles. The second kappa shape index (κ2) is 4.61. The van der Waals surface area contributed by atoms with Crippen molar-refractivity contribution in [2.24, 2.45) is 5.92 Å². The van der Waals surface area contributed by atoms with Gasteiger partial charge in [0, 0.05) is 18.8 Å². The van der Waals surface area contributed by atoms with Gasteiger partial charge in [0.2, 0.25) is 0 Å². The third-order valence-corrected chi connectivity index (χ3v) is 2.57. The number of aryl methyl sites for hydroxylation is 1. The minimum atomic E-state index is 0.196. The Kier molecular flexibility index (Phi) is 3.17. The molecule has 2 rings (SSSR count). The number of rotatable bonds is 4. The lowest BCUT2D eigenvalue weighted by Gasteiger charge is -2.04. The molecule has 17 heavy (non-hydrogen) atoms. The van der Waals surface area contributed by atoms with Crippen LogP contribution >= 0.6 is 0 Å². The highest BCUT2D eigenvalue weighted by Gasteiger charge is 2.12. The largest absolute Gasteiger partial charge is 0.299 e. The summed E-state index contributed by atoms with van der Waals surface area (Å²) in [5.41, 5.74) is 1.39. The first-order valence-electron chi connectivity index (χ1n) is 5.75. The molecule has 5 heteroatoms. The fourth-order valence-corrected chi connectivity index (χ4v) is 1.83. The van der Waals surface area contributed by atoms with E-state index >= 15 is 0 Å². The number of hydrogen-bond donors (Lipinski definition) is 0. The van der Waals surface area contributed by atoms with Crippen LogP contribution in [0.25, 0.3) is 5.65 Å². The third-order valence-electron chi connectivity index (χ3n) is 2.57. The zero-order valence-electron chi connectivity index (χ0n) is 10.3. The van der Waals surface area contributed by atoms with Crippen LogP contribution in [0.1, 0.15) is 31.8 Å². The molecule has 0 saturated carbocycles. The fourth-order valence-electron chi connectivity index (χ4n) is 1.83. The van der Waals surface area contributed by atoms with Gasteiger partial charge >= 0.3 is 0 Å². The Bertz CT molecular complexity index is 544. The van der Waals surface area contributed by atoms with Crippen LogP contribution < -0.4 is 0 Å². The van der Waals surface area contributed by atoms with Crippen LogP contribution in [0.5, 0.6) is 0 Å². The van der Waals surface area contributed by atoms with E-state index < -0.39 is 0 Å². The van der Waals surface area contributed by atoms with Gasteiger partial charge in [-0.3, -0.25) is 14.2 Å². The molecule has 0 atom stereocenters. The van der Waals surface area contributed by atoms with Crippen molar-refractivity contribution in [3.05, 3.63) is 23.9 Å². The lowest BCUT2D eigenvalue weighted by molar-refractivity contribution is -0.119. The molecule has 0 spiro atoms. The van der Waals surface area contributed by atoms with Crippen molar-refractivity contribution in [2.75, 3.05) is 0 Å². The summed E-state index contributed by atoms with van der Waals surface area (Å²) in [6, 6.07) is 0. The highest BCUT2D eigenvalue weighted by Crippen LogP contribution is 2.10. The summed E-state index contributed by atoms with van der Waals surface area (Å²) in [6.07, 6.45) is 4.40. The second-order valence-electron chi connectivity index (χ2n) is 4.63. The topological polar surface area (TPSA) is 60.2 Å². The smallest absolute Gasteiger partial charge is 0.183 e. The standard InChI is InChI=1S/C12H16N4O/c1-8(2)6-10(17)7-11-12-15-14-9(3)16(12)5-4-13-11/h4-5,8H,6-7H2,1-3H3. The van der Waals surface area contributed by atoms with Crippen molar-refractivity contribution >= 4 is 11.4 Å². The molecule has 0 amide bonds. The van der Waals surface area contributed by atoms with E-state index in [-0.39, 0.29) is 5.78 Å². The average Bonchev–Trinajstić information content (AvgIpc) is 2.61. The minimum absolute atomic E-state index is 0.196. The Labute approximate surface area is 99.9 Å². The van der Waals surface area contributed by atoms with E-state index in [1.54, 1.807) is 12.4 Å². The number of ketones is 1. The van der Waals surface area contributed by atoms with Crippen molar-refractivity contribution in [1.29, 1.82) is 0 Å². The maximum Gasteiger partial charge on any atom is 0.183 e. The normalized spacial score (nSPS) is 11.3. The van der Waals surface area contributed by atoms with E-state index in [2.05, 4.69) is 15.2 Å². The summed E-state index contributed by atoms with van der Waals surface area (Å²) < 4.78 is 1.85. The van der Waals surface area contributed by atoms with Crippen molar-refractivity contribution in [3.8, 4) is 0 Å². The molecule has 0 aliphatic carbocycles. The lowest BCUT2D eigenvalue weighted by Crippen LogP contribution is -2.09. The molecule has 0 radical (unpaired) electrons. The van der Waals surface area contributed by atoms with Crippen molar-refractivity contribution in [3.63, 3.8) is 0 Å². The van der Waals surface area contributed by atoms with Gasteiger partial charge in [-0.1, -0.05) is 13.8 Å². The van der Waals surface area contributed by atoms with Crippen LogP contribution in [0.15, 0.2) is 12.4 Å². The predicted molar refractivity (Wildman–Crippen MR) is 63.7 cm³/mol. The van der Waals surface area contributed by atoms with Gasteiger partial charge in [-0.05, 0) is 12.8 Å². The Hall–Kier alpha value is -1.78. The van der Waals surface area contributed by atoms with Gasteiger partial charge in [0.1, 0.15) is 11.6 Å². The van der Waals surface area contributed by atoms with Gasteiger partial charge in [0.25, 0.3) is 0 Å². The summed E-state index contributed by atoms with van der Waals surface area (Å²) in [6.45, 7) is 5.94. The maximum atomic E-state index is 11.8. The highest BCUT2D eigenvalue weighted by atomic mass is 16.1. The monoisotopic (exact) mass is 232 g/mol. The number of carbonyl (C=O) groups excluding carboxylic acids is 1. The number of carbonyl (C=O) groups is 1. The molecule has 0 aromatic carbocycles. The van der Waals surface area contributed by atoms with Crippen LogP contribution in [0.3, 0.4) is 0 Å².